The molecule has 0 aliphatic heterocycles. The Hall–Kier alpha value is -3.40. The van der Waals surface area contributed by atoms with Crippen LogP contribution in [-0.2, 0) is 29.0 Å². The zero-order chi connectivity index (χ0) is 25.3. The molecule has 3 aromatic carbocycles. The van der Waals surface area contributed by atoms with Gasteiger partial charge in [0.1, 0.15) is 6.04 Å². The number of amides is 2. The van der Waals surface area contributed by atoms with Gasteiger partial charge in [0.05, 0.1) is 6.42 Å². The first kappa shape index (κ1) is 25.7. The third-order valence-electron chi connectivity index (χ3n) is 7.26. The quantitative estimate of drug-likeness (QED) is 0.411. The number of aryl methyl sites for hydroxylation is 2. The predicted molar refractivity (Wildman–Crippen MR) is 146 cm³/mol. The minimum absolute atomic E-state index is 0.0210. The molecule has 4 nitrogen and oxygen atoms in total. The Morgan fingerprint density at radius 2 is 1.50 bits per heavy atom. The number of rotatable bonds is 9. The molecule has 1 saturated carbocycles. The van der Waals surface area contributed by atoms with Crippen molar-refractivity contribution in [1.29, 1.82) is 0 Å². The normalized spacial score (nSPS) is 14.7. The summed E-state index contributed by atoms with van der Waals surface area (Å²) in [5.74, 6) is -0.0664. The van der Waals surface area contributed by atoms with Crippen molar-refractivity contribution in [3.05, 3.63) is 107 Å². The van der Waals surface area contributed by atoms with Gasteiger partial charge in [-0.15, -0.1) is 0 Å². The van der Waals surface area contributed by atoms with E-state index in [9.17, 15) is 9.59 Å². The average molecular weight is 483 g/mol. The lowest BCUT2D eigenvalue weighted by atomic mass is 9.94. The highest BCUT2D eigenvalue weighted by molar-refractivity contribution is 5.89. The second-order valence-corrected chi connectivity index (χ2v) is 10.2. The maximum Gasteiger partial charge on any atom is 0.243 e. The molecular formula is C32H38N2O2. The van der Waals surface area contributed by atoms with E-state index in [1.54, 1.807) is 0 Å². The fraction of sp³-hybridized carbons (Fsp3) is 0.375. The van der Waals surface area contributed by atoms with Crippen molar-refractivity contribution in [3.8, 4) is 0 Å². The molecule has 0 saturated heterocycles. The van der Waals surface area contributed by atoms with Crippen LogP contribution in [0.4, 0.5) is 0 Å². The van der Waals surface area contributed by atoms with Crippen LogP contribution in [0.5, 0.6) is 0 Å². The lowest BCUT2D eigenvalue weighted by Crippen LogP contribution is -2.53. The molecule has 3 aromatic rings. The van der Waals surface area contributed by atoms with Gasteiger partial charge >= 0.3 is 0 Å². The summed E-state index contributed by atoms with van der Waals surface area (Å²) in [6.45, 7) is 4.49. The number of nitrogens with one attached hydrogen (secondary N) is 1. The molecular weight excluding hydrogens is 444 g/mol. The Morgan fingerprint density at radius 3 is 2.17 bits per heavy atom. The van der Waals surface area contributed by atoms with Crippen molar-refractivity contribution >= 4 is 11.8 Å². The molecule has 188 valence electrons. The van der Waals surface area contributed by atoms with Crippen LogP contribution in [0.3, 0.4) is 0 Å². The molecule has 1 N–H and O–H groups in total. The minimum Gasteiger partial charge on any atom is -0.352 e. The van der Waals surface area contributed by atoms with Crippen molar-refractivity contribution in [2.75, 3.05) is 0 Å². The summed E-state index contributed by atoms with van der Waals surface area (Å²) >= 11 is 0. The van der Waals surface area contributed by atoms with E-state index in [-0.39, 0.29) is 24.3 Å². The van der Waals surface area contributed by atoms with Crippen molar-refractivity contribution in [2.45, 2.75) is 77.4 Å². The summed E-state index contributed by atoms with van der Waals surface area (Å²) in [7, 11) is 0. The molecule has 0 bridgehead atoms. The lowest BCUT2D eigenvalue weighted by molar-refractivity contribution is -0.141. The van der Waals surface area contributed by atoms with Gasteiger partial charge < -0.3 is 10.2 Å². The van der Waals surface area contributed by atoms with Gasteiger partial charge in [-0.05, 0) is 48.9 Å². The first-order valence-corrected chi connectivity index (χ1v) is 13.2. The van der Waals surface area contributed by atoms with Gasteiger partial charge in [0.25, 0.3) is 0 Å². The number of benzene rings is 3. The van der Waals surface area contributed by atoms with Crippen LogP contribution in [0.1, 0.15) is 59.9 Å². The first-order chi connectivity index (χ1) is 17.5. The standard InChI is InChI=1S/C32H38N2O2/c1-24-18-19-25(2)28(20-24)22-31(35)34(23-27-14-8-4-9-15-27)30(21-26-12-6-3-7-13-26)32(36)33-29-16-10-5-11-17-29/h3-4,6-9,12-15,18-20,29-30H,5,10-11,16-17,21-23H2,1-2H3,(H,33,36)/t30-/m0/s1. The summed E-state index contributed by atoms with van der Waals surface area (Å²) in [6.07, 6.45) is 6.32. The maximum atomic E-state index is 14.0. The van der Waals surface area contributed by atoms with E-state index in [2.05, 4.69) is 23.5 Å². The van der Waals surface area contributed by atoms with E-state index in [1.807, 2.05) is 79.4 Å². The first-order valence-electron chi connectivity index (χ1n) is 13.2. The third kappa shape index (κ3) is 7.07. The Bertz CT molecular complexity index is 1140. The Kier molecular flexibility index (Phi) is 8.94. The van der Waals surface area contributed by atoms with Crippen molar-refractivity contribution in [2.24, 2.45) is 0 Å². The number of carbonyl (C=O) groups is 2. The second kappa shape index (κ2) is 12.5. The Labute approximate surface area is 215 Å². The van der Waals surface area contributed by atoms with E-state index in [4.69, 9.17) is 0 Å². The maximum absolute atomic E-state index is 14.0. The highest BCUT2D eigenvalue weighted by atomic mass is 16.2. The molecule has 1 aliphatic carbocycles. The van der Waals surface area contributed by atoms with Crippen LogP contribution >= 0.6 is 0 Å². The summed E-state index contributed by atoms with van der Waals surface area (Å²) in [4.78, 5) is 29.6. The van der Waals surface area contributed by atoms with E-state index in [1.165, 1.54) is 6.42 Å². The predicted octanol–water partition coefficient (Wildman–Crippen LogP) is 5.93. The molecule has 0 aromatic heterocycles. The molecule has 2 amide bonds. The van der Waals surface area contributed by atoms with Gasteiger partial charge in [-0.1, -0.05) is 104 Å². The topological polar surface area (TPSA) is 49.4 Å². The van der Waals surface area contributed by atoms with Crippen molar-refractivity contribution in [3.63, 3.8) is 0 Å². The Morgan fingerprint density at radius 1 is 0.861 bits per heavy atom. The van der Waals surface area contributed by atoms with E-state index >= 15 is 0 Å². The van der Waals surface area contributed by atoms with Crippen LogP contribution in [0, 0.1) is 13.8 Å². The fourth-order valence-electron chi connectivity index (χ4n) is 5.13. The fourth-order valence-corrected chi connectivity index (χ4v) is 5.13. The van der Waals surface area contributed by atoms with E-state index in [0.29, 0.717) is 13.0 Å². The monoisotopic (exact) mass is 482 g/mol. The van der Waals surface area contributed by atoms with Gasteiger partial charge in [-0.25, -0.2) is 0 Å². The zero-order valence-corrected chi connectivity index (χ0v) is 21.6. The molecule has 0 radical (unpaired) electrons. The lowest BCUT2D eigenvalue weighted by Gasteiger charge is -2.33. The molecule has 4 rings (SSSR count). The van der Waals surface area contributed by atoms with Crippen LogP contribution < -0.4 is 5.32 Å². The SMILES string of the molecule is Cc1ccc(C)c(CC(=O)N(Cc2ccccc2)[C@@H](Cc2ccccc2)C(=O)NC2CCCCC2)c1. The summed E-state index contributed by atoms with van der Waals surface area (Å²) in [5.41, 5.74) is 5.33. The van der Waals surface area contributed by atoms with Crippen molar-refractivity contribution in [1.82, 2.24) is 10.2 Å². The number of nitrogens with zero attached hydrogens (tertiary/aromatic N) is 1. The zero-order valence-electron chi connectivity index (χ0n) is 21.6. The molecule has 1 atom stereocenters. The van der Waals surface area contributed by atoms with E-state index in [0.717, 1.165) is 53.5 Å². The van der Waals surface area contributed by atoms with E-state index < -0.39 is 6.04 Å². The largest absolute Gasteiger partial charge is 0.352 e. The summed E-state index contributed by atoms with van der Waals surface area (Å²) in [6, 6.07) is 25.9. The highest BCUT2D eigenvalue weighted by Gasteiger charge is 2.32. The van der Waals surface area contributed by atoms with Crippen LogP contribution in [0.25, 0.3) is 0 Å². The molecule has 0 heterocycles. The van der Waals surface area contributed by atoms with Gasteiger partial charge in [0.2, 0.25) is 11.8 Å². The average Bonchev–Trinajstić information content (AvgIpc) is 2.90. The number of hydrogen-bond acceptors (Lipinski definition) is 2. The van der Waals surface area contributed by atoms with Crippen molar-refractivity contribution < 1.29 is 9.59 Å². The molecule has 0 spiro atoms. The molecule has 1 fully saturated rings. The molecule has 0 unspecified atom stereocenters. The summed E-state index contributed by atoms with van der Waals surface area (Å²) in [5, 5.41) is 3.31. The minimum atomic E-state index is -0.577. The molecule has 4 heteroatoms. The van der Waals surface area contributed by atoms with Crippen LogP contribution in [-0.4, -0.2) is 28.8 Å². The molecule has 1 aliphatic rings. The summed E-state index contributed by atoms with van der Waals surface area (Å²) < 4.78 is 0. The van der Waals surface area contributed by atoms with Crippen LogP contribution in [0.15, 0.2) is 78.9 Å². The molecule has 36 heavy (non-hydrogen) atoms. The third-order valence-corrected chi connectivity index (χ3v) is 7.26. The number of hydrogen-bond donors (Lipinski definition) is 1. The van der Waals surface area contributed by atoms with Gasteiger partial charge in [0.15, 0.2) is 0 Å². The Balaban J connectivity index is 1.66. The van der Waals surface area contributed by atoms with Gasteiger partial charge in [-0.2, -0.15) is 0 Å². The number of carbonyl (C=O) groups excluding carboxylic acids is 2. The smallest absolute Gasteiger partial charge is 0.243 e. The van der Waals surface area contributed by atoms with Gasteiger partial charge in [0, 0.05) is 19.0 Å². The second-order valence-electron chi connectivity index (χ2n) is 10.2. The van der Waals surface area contributed by atoms with Gasteiger partial charge in [-0.3, -0.25) is 9.59 Å². The highest BCUT2D eigenvalue weighted by Crippen LogP contribution is 2.21. The van der Waals surface area contributed by atoms with Crippen LogP contribution in [0.2, 0.25) is 0 Å².